The van der Waals surface area contributed by atoms with Gasteiger partial charge in [-0.25, -0.2) is 0 Å². The Morgan fingerprint density at radius 3 is 2.69 bits per heavy atom. The molecule has 0 spiro atoms. The first-order chi connectivity index (χ1) is 6.36. The Labute approximate surface area is 78.7 Å². The highest BCUT2D eigenvalue weighted by molar-refractivity contribution is 5.20. The van der Waals surface area contributed by atoms with Crippen molar-refractivity contribution in [1.82, 2.24) is 10.6 Å². The first-order valence-corrected chi connectivity index (χ1v) is 4.56. The first kappa shape index (κ1) is 8.32. The van der Waals surface area contributed by atoms with Gasteiger partial charge in [0, 0.05) is 5.70 Å². The molecule has 0 aliphatic carbocycles. The SMILES string of the molecule is C=C1NCNC1Cc1ccccc1. The highest BCUT2D eigenvalue weighted by Crippen LogP contribution is 2.09. The Hall–Kier alpha value is -1.28. The summed E-state index contributed by atoms with van der Waals surface area (Å²) in [5.74, 6) is 0. The number of hydrogen-bond donors (Lipinski definition) is 2. The molecule has 0 radical (unpaired) electrons. The lowest BCUT2D eigenvalue weighted by atomic mass is 10.1. The molecule has 0 amide bonds. The molecule has 13 heavy (non-hydrogen) atoms. The van der Waals surface area contributed by atoms with Crippen molar-refractivity contribution in [3.63, 3.8) is 0 Å². The van der Waals surface area contributed by atoms with Crippen LogP contribution in [-0.2, 0) is 6.42 Å². The summed E-state index contributed by atoms with van der Waals surface area (Å²) in [6.07, 6.45) is 1.02. The Morgan fingerprint density at radius 2 is 2.08 bits per heavy atom. The van der Waals surface area contributed by atoms with E-state index in [9.17, 15) is 0 Å². The molecule has 1 atom stereocenters. The standard InChI is InChI=1S/C11H14N2/c1-9-11(13-8-12-9)7-10-5-3-2-4-6-10/h2-6,11-13H,1,7-8H2. The minimum Gasteiger partial charge on any atom is -0.375 e. The highest BCUT2D eigenvalue weighted by atomic mass is 15.2. The maximum Gasteiger partial charge on any atom is 0.0656 e. The van der Waals surface area contributed by atoms with Gasteiger partial charge in [-0.15, -0.1) is 0 Å². The van der Waals surface area contributed by atoms with Gasteiger partial charge in [0.05, 0.1) is 12.7 Å². The van der Waals surface area contributed by atoms with Gasteiger partial charge in [-0.1, -0.05) is 36.9 Å². The molecule has 1 aromatic carbocycles. The molecule has 68 valence electrons. The van der Waals surface area contributed by atoms with E-state index in [2.05, 4.69) is 41.5 Å². The molecule has 2 rings (SSSR count). The fraction of sp³-hybridized carbons (Fsp3) is 0.273. The van der Waals surface area contributed by atoms with Crippen molar-refractivity contribution >= 4 is 0 Å². The minimum absolute atomic E-state index is 0.391. The zero-order valence-corrected chi connectivity index (χ0v) is 7.59. The van der Waals surface area contributed by atoms with E-state index in [-0.39, 0.29) is 0 Å². The van der Waals surface area contributed by atoms with Crippen molar-refractivity contribution in [3.05, 3.63) is 48.2 Å². The van der Waals surface area contributed by atoms with Crippen LogP contribution in [0.25, 0.3) is 0 Å². The molecule has 2 nitrogen and oxygen atoms in total. The number of nitrogens with one attached hydrogen (secondary N) is 2. The van der Waals surface area contributed by atoms with Crippen molar-refractivity contribution in [2.75, 3.05) is 6.67 Å². The van der Waals surface area contributed by atoms with Crippen LogP contribution in [0.4, 0.5) is 0 Å². The molecule has 1 saturated heterocycles. The van der Waals surface area contributed by atoms with Gasteiger partial charge in [0.2, 0.25) is 0 Å². The van der Waals surface area contributed by atoms with E-state index in [1.54, 1.807) is 0 Å². The van der Waals surface area contributed by atoms with Crippen LogP contribution in [0.15, 0.2) is 42.6 Å². The summed E-state index contributed by atoms with van der Waals surface area (Å²) in [6, 6.07) is 10.9. The van der Waals surface area contributed by atoms with E-state index in [1.165, 1.54) is 5.56 Å². The fourth-order valence-corrected chi connectivity index (χ4v) is 1.58. The monoisotopic (exact) mass is 174 g/mol. The second kappa shape index (κ2) is 3.62. The Balaban J connectivity index is 2.02. The smallest absolute Gasteiger partial charge is 0.0656 e. The summed E-state index contributed by atoms with van der Waals surface area (Å²) >= 11 is 0. The molecule has 1 aliphatic rings. The summed E-state index contributed by atoms with van der Waals surface area (Å²) in [4.78, 5) is 0. The topological polar surface area (TPSA) is 24.1 Å². The largest absolute Gasteiger partial charge is 0.375 e. The van der Waals surface area contributed by atoms with E-state index in [0.29, 0.717) is 6.04 Å². The van der Waals surface area contributed by atoms with E-state index in [0.717, 1.165) is 18.8 Å². The van der Waals surface area contributed by atoms with Crippen LogP contribution in [0.3, 0.4) is 0 Å². The van der Waals surface area contributed by atoms with Gasteiger partial charge < -0.3 is 5.32 Å². The molecule has 2 heteroatoms. The van der Waals surface area contributed by atoms with Crippen molar-refractivity contribution in [1.29, 1.82) is 0 Å². The summed E-state index contributed by atoms with van der Waals surface area (Å²) in [7, 11) is 0. The van der Waals surface area contributed by atoms with E-state index >= 15 is 0 Å². The van der Waals surface area contributed by atoms with Crippen molar-refractivity contribution in [2.45, 2.75) is 12.5 Å². The number of rotatable bonds is 2. The van der Waals surface area contributed by atoms with Crippen LogP contribution < -0.4 is 10.6 Å². The van der Waals surface area contributed by atoms with Gasteiger partial charge in [-0.2, -0.15) is 0 Å². The zero-order chi connectivity index (χ0) is 9.10. The maximum absolute atomic E-state index is 3.96. The third-order valence-electron chi connectivity index (χ3n) is 2.37. The normalized spacial score (nSPS) is 21.5. The van der Waals surface area contributed by atoms with Crippen LogP contribution in [0, 0.1) is 0 Å². The maximum atomic E-state index is 3.96. The van der Waals surface area contributed by atoms with E-state index in [4.69, 9.17) is 0 Å². The second-order valence-electron chi connectivity index (χ2n) is 3.33. The predicted octanol–water partition coefficient (Wildman–Crippen LogP) is 1.26. The molecule has 0 saturated carbocycles. The molecule has 1 aromatic rings. The van der Waals surface area contributed by atoms with Gasteiger partial charge >= 0.3 is 0 Å². The van der Waals surface area contributed by atoms with E-state index < -0.39 is 0 Å². The predicted molar refractivity (Wildman–Crippen MR) is 54.2 cm³/mol. The third kappa shape index (κ3) is 1.90. The lowest BCUT2D eigenvalue weighted by Crippen LogP contribution is -2.24. The Morgan fingerprint density at radius 1 is 1.31 bits per heavy atom. The molecule has 2 N–H and O–H groups in total. The third-order valence-corrected chi connectivity index (χ3v) is 2.37. The van der Waals surface area contributed by atoms with Crippen molar-refractivity contribution in [2.24, 2.45) is 0 Å². The quantitative estimate of drug-likeness (QED) is 0.705. The van der Waals surface area contributed by atoms with Gasteiger partial charge in [-0.3, -0.25) is 5.32 Å². The molecular weight excluding hydrogens is 160 g/mol. The van der Waals surface area contributed by atoms with Crippen LogP contribution in [0.5, 0.6) is 0 Å². The Bertz CT molecular complexity index is 292. The number of benzene rings is 1. The first-order valence-electron chi connectivity index (χ1n) is 4.56. The highest BCUT2D eigenvalue weighted by Gasteiger charge is 2.17. The van der Waals surface area contributed by atoms with Gasteiger partial charge in [0.25, 0.3) is 0 Å². The fourth-order valence-electron chi connectivity index (χ4n) is 1.58. The molecule has 1 heterocycles. The Kier molecular flexibility index (Phi) is 2.32. The van der Waals surface area contributed by atoms with Crippen LogP contribution in [0.1, 0.15) is 5.56 Å². The van der Waals surface area contributed by atoms with Crippen LogP contribution in [0.2, 0.25) is 0 Å². The summed E-state index contributed by atoms with van der Waals surface area (Å²) < 4.78 is 0. The molecule has 1 aliphatic heterocycles. The van der Waals surface area contributed by atoms with Gasteiger partial charge in [-0.05, 0) is 12.0 Å². The molecule has 0 bridgehead atoms. The summed E-state index contributed by atoms with van der Waals surface area (Å²) in [5.41, 5.74) is 2.45. The molecule has 0 aromatic heterocycles. The minimum atomic E-state index is 0.391. The zero-order valence-electron chi connectivity index (χ0n) is 7.59. The molecular formula is C11H14N2. The summed E-state index contributed by atoms with van der Waals surface area (Å²) in [5, 5.41) is 6.53. The number of hydrogen-bond acceptors (Lipinski definition) is 2. The molecule has 1 fully saturated rings. The molecule has 1 unspecified atom stereocenters. The summed E-state index contributed by atoms with van der Waals surface area (Å²) in [6.45, 7) is 4.80. The van der Waals surface area contributed by atoms with Gasteiger partial charge in [0.15, 0.2) is 0 Å². The second-order valence-corrected chi connectivity index (χ2v) is 3.33. The van der Waals surface area contributed by atoms with Crippen LogP contribution in [-0.4, -0.2) is 12.7 Å². The van der Waals surface area contributed by atoms with Gasteiger partial charge in [0.1, 0.15) is 0 Å². The lowest BCUT2D eigenvalue weighted by molar-refractivity contribution is 0.660. The lowest BCUT2D eigenvalue weighted by Gasteiger charge is -2.09. The van der Waals surface area contributed by atoms with Crippen molar-refractivity contribution in [3.8, 4) is 0 Å². The van der Waals surface area contributed by atoms with Crippen LogP contribution >= 0.6 is 0 Å². The average molecular weight is 174 g/mol. The van der Waals surface area contributed by atoms with Crippen molar-refractivity contribution < 1.29 is 0 Å². The van der Waals surface area contributed by atoms with E-state index in [1.807, 2.05) is 6.07 Å². The average Bonchev–Trinajstić information content (AvgIpc) is 2.54.